The van der Waals surface area contributed by atoms with Crippen molar-refractivity contribution in [3.63, 3.8) is 0 Å². The number of alkyl carbamates (subject to hydrolysis) is 1. The molecular formula is C47H60N10O5. The number of nitrogens with one attached hydrogen (secondary N) is 3. The van der Waals surface area contributed by atoms with Crippen molar-refractivity contribution >= 4 is 51.5 Å². The number of rotatable bonds is 11. The first kappa shape index (κ1) is 41.6. The molecule has 7 heterocycles. The number of anilines is 2. The summed E-state index contributed by atoms with van der Waals surface area (Å²) in [6.45, 7) is 12.4. The van der Waals surface area contributed by atoms with Gasteiger partial charge < -0.3 is 44.4 Å². The Bertz CT molecular complexity index is 2400. The summed E-state index contributed by atoms with van der Waals surface area (Å²) in [6.07, 6.45) is 7.33. The highest BCUT2D eigenvalue weighted by atomic mass is 16.5. The summed E-state index contributed by atoms with van der Waals surface area (Å²) in [6, 6.07) is 16.6. The number of amides is 3. The number of hydrogen-bond donors (Lipinski definition) is 3. The number of morpholine rings is 1. The second kappa shape index (κ2) is 17.6. The fraction of sp³-hybridized carbons (Fsp3) is 0.532. The van der Waals surface area contributed by atoms with E-state index in [0.29, 0.717) is 32.1 Å². The van der Waals surface area contributed by atoms with Crippen molar-refractivity contribution in [1.82, 2.24) is 40.0 Å². The van der Waals surface area contributed by atoms with Crippen LogP contribution in [0.5, 0.6) is 0 Å². The van der Waals surface area contributed by atoms with Crippen LogP contribution in [-0.4, -0.2) is 105 Å². The Balaban J connectivity index is 1.02. The molecule has 5 aromatic rings. The first-order chi connectivity index (χ1) is 30.1. The maximum Gasteiger partial charge on any atom is 0.407 e. The van der Waals surface area contributed by atoms with Crippen LogP contribution in [0, 0.1) is 11.8 Å². The highest BCUT2D eigenvalue weighted by Crippen LogP contribution is 2.48. The number of benzene rings is 2. The van der Waals surface area contributed by atoms with Gasteiger partial charge in [0.2, 0.25) is 11.8 Å². The van der Waals surface area contributed by atoms with Crippen LogP contribution in [0.25, 0.3) is 22.1 Å². The van der Waals surface area contributed by atoms with Gasteiger partial charge in [-0.3, -0.25) is 9.59 Å². The van der Waals surface area contributed by atoms with Gasteiger partial charge in [-0.15, -0.1) is 0 Å². The average molecular weight is 845 g/mol. The van der Waals surface area contributed by atoms with Crippen molar-refractivity contribution in [3.05, 3.63) is 77.5 Å². The Morgan fingerprint density at radius 2 is 1.37 bits per heavy atom. The highest BCUT2D eigenvalue weighted by molar-refractivity contribution is 5.87. The van der Waals surface area contributed by atoms with Crippen molar-refractivity contribution in [2.75, 3.05) is 56.3 Å². The fourth-order valence-corrected chi connectivity index (χ4v) is 10.2. The van der Waals surface area contributed by atoms with Gasteiger partial charge in [-0.2, -0.15) is 0 Å². The predicted octanol–water partition coefficient (Wildman–Crippen LogP) is 7.51. The number of carbonyl (C=O) groups excluding carboxylic acids is 3. The highest BCUT2D eigenvalue weighted by Gasteiger charge is 2.39. The van der Waals surface area contributed by atoms with Gasteiger partial charge in [0.1, 0.15) is 23.5 Å². The molecule has 3 amide bonds. The number of nitrogens with zero attached hydrogens (tertiary/aromatic N) is 7. The van der Waals surface area contributed by atoms with Gasteiger partial charge in [0.25, 0.3) is 0 Å². The molecule has 0 aliphatic carbocycles. The van der Waals surface area contributed by atoms with Crippen molar-refractivity contribution < 1.29 is 23.9 Å². The van der Waals surface area contributed by atoms with Gasteiger partial charge in [0, 0.05) is 32.6 Å². The molecule has 4 aliphatic rings. The Hall–Kier alpha value is -5.70. The standard InChI is InChI=1S/C47H60N10O5/c1-28(2)24-42(58)55-18-6-8-39(55)44-49-33-13-10-30(25-35(33)51-44)37-15-16-38(57(37)32-12-17-41(48-27-32)54-20-22-62-23-21-54)31-11-14-34-36(26-31)52-45(50-34)40-9-7-19-56(40)46(59)43(29(3)4)53-47(60)61-5/h10-14,17,25-29,37-40,43H,6-9,15-16,18-24H2,1-5H3,(H,49,51)(H,50,52)(H,53,60)/t37-,38-,39+,40+,43+/m1/s1. The topological polar surface area (TPSA) is 165 Å². The van der Waals surface area contributed by atoms with Crippen molar-refractivity contribution in [1.29, 1.82) is 0 Å². The summed E-state index contributed by atoms with van der Waals surface area (Å²) >= 11 is 0. The van der Waals surface area contributed by atoms with Crippen LogP contribution >= 0.6 is 0 Å². The summed E-state index contributed by atoms with van der Waals surface area (Å²) in [5.41, 5.74) is 7.09. The monoisotopic (exact) mass is 844 g/mol. The molecule has 328 valence electrons. The van der Waals surface area contributed by atoms with E-state index in [1.807, 2.05) is 29.8 Å². The molecule has 62 heavy (non-hydrogen) atoms. The molecule has 5 atom stereocenters. The molecular weight excluding hydrogens is 785 g/mol. The third kappa shape index (κ3) is 8.18. The Morgan fingerprint density at radius 1 is 0.774 bits per heavy atom. The van der Waals surface area contributed by atoms with E-state index < -0.39 is 12.1 Å². The van der Waals surface area contributed by atoms with Gasteiger partial charge in [-0.05, 0) is 97.9 Å². The molecule has 4 fully saturated rings. The molecule has 0 radical (unpaired) electrons. The lowest BCUT2D eigenvalue weighted by molar-refractivity contribution is -0.135. The number of likely N-dealkylation sites (tertiary alicyclic amines) is 2. The lowest BCUT2D eigenvalue weighted by Gasteiger charge is -2.34. The Kier molecular flexibility index (Phi) is 11.8. The summed E-state index contributed by atoms with van der Waals surface area (Å²) in [5, 5.41) is 2.75. The summed E-state index contributed by atoms with van der Waals surface area (Å²) in [7, 11) is 1.31. The van der Waals surface area contributed by atoms with E-state index in [1.54, 1.807) is 0 Å². The van der Waals surface area contributed by atoms with E-state index in [4.69, 9.17) is 24.4 Å². The number of hydrogen-bond acceptors (Lipinski definition) is 10. The lowest BCUT2D eigenvalue weighted by Crippen LogP contribution is -2.51. The van der Waals surface area contributed by atoms with Gasteiger partial charge in [-0.1, -0.05) is 39.8 Å². The van der Waals surface area contributed by atoms with Crippen LogP contribution < -0.4 is 15.1 Å². The van der Waals surface area contributed by atoms with Crippen LogP contribution in [0.2, 0.25) is 0 Å². The van der Waals surface area contributed by atoms with E-state index in [9.17, 15) is 14.4 Å². The second-order valence-electron chi connectivity index (χ2n) is 18.2. The molecule has 0 saturated carbocycles. The molecule has 4 saturated heterocycles. The van der Waals surface area contributed by atoms with Crippen LogP contribution in [0.4, 0.5) is 16.3 Å². The lowest BCUT2D eigenvalue weighted by atomic mass is 10.0. The SMILES string of the molecule is COC(=O)N[C@H](C(=O)N1CCC[C@H]1c1nc2ccc([C@H]3CC[C@H](c4ccc5nc([C@@H]6CCCN6C(=O)CC(C)C)[nH]c5c4)N3c3ccc(N4CCOCC4)nc3)cc2[nH]1)C(C)C. The number of ether oxygens (including phenoxy) is 2. The van der Waals surface area contributed by atoms with E-state index in [0.717, 1.165) is 103 Å². The van der Waals surface area contributed by atoms with Gasteiger partial charge in [0.05, 0.1) is 78.4 Å². The quantitative estimate of drug-likeness (QED) is 0.121. The maximum absolute atomic E-state index is 13.9. The number of pyridine rings is 1. The Morgan fingerprint density at radius 3 is 1.92 bits per heavy atom. The molecule has 9 rings (SSSR count). The number of aromatic amines is 2. The fourth-order valence-electron chi connectivity index (χ4n) is 10.2. The summed E-state index contributed by atoms with van der Waals surface area (Å²) < 4.78 is 10.4. The smallest absolute Gasteiger partial charge is 0.407 e. The number of imidazole rings is 2. The molecule has 15 heteroatoms. The average Bonchev–Trinajstić information content (AvgIpc) is 4.13. The van der Waals surface area contributed by atoms with Gasteiger partial charge in [-0.25, -0.2) is 19.7 Å². The van der Waals surface area contributed by atoms with E-state index in [1.165, 1.54) is 18.2 Å². The van der Waals surface area contributed by atoms with Crippen molar-refractivity contribution in [2.45, 2.75) is 103 Å². The van der Waals surface area contributed by atoms with E-state index in [2.05, 4.69) is 87.5 Å². The number of carbonyl (C=O) groups is 3. The van der Waals surface area contributed by atoms with Crippen molar-refractivity contribution in [2.24, 2.45) is 11.8 Å². The zero-order valence-electron chi connectivity index (χ0n) is 36.6. The number of methoxy groups -OCH3 is 1. The summed E-state index contributed by atoms with van der Waals surface area (Å²) in [4.78, 5) is 70.2. The molecule has 3 N–H and O–H groups in total. The molecule has 0 spiro atoms. The van der Waals surface area contributed by atoms with Crippen LogP contribution in [0.1, 0.15) is 120 Å². The molecule has 3 aromatic heterocycles. The molecule has 15 nitrogen and oxygen atoms in total. The van der Waals surface area contributed by atoms with Gasteiger partial charge in [0.15, 0.2) is 0 Å². The van der Waals surface area contributed by atoms with Crippen LogP contribution in [-0.2, 0) is 19.1 Å². The minimum absolute atomic E-state index is 0.0313. The van der Waals surface area contributed by atoms with Crippen LogP contribution in [0.3, 0.4) is 0 Å². The van der Waals surface area contributed by atoms with Crippen LogP contribution in [0.15, 0.2) is 54.7 Å². The van der Waals surface area contributed by atoms with Crippen molar-refractivity contribution in [3.8, 4) is 0 Å². The predicted molar refractivity (Wildman–Crippen MR) is 238 cm³/mol. The van der Waals surface area contributed by atoms with E-state index in [-0.39, 0.29) is 41.9 Å². The second-order valence-corrected chi connectivity index (χ2v) is 18.2. The molecule has 0 bridgehead atoms. The van der Waals surface area contributed by atoms with E-state index >= 15 is 0 Å². The first-order valence-corrected chi connectivity index (χ1v) is 22.6. The normalized spacial score (nSPS) is 22.4. The number of aromatic nitrogens is 5. The third-order valence-electron chi connectivity index (χ3n) is 13.3. The maximum atomic E-state index is 13.9. The largest absolute Gasteiger partial charge is 0.453 e. The van der Waals surface area contributed by atoms with Gasteiger partial charge >= 0.3 is 6.09 Å². The molecule has 0 unspecified atom stereocenters. The molecule has 2 aromatic carbocycles. The minimum Gasteiger partial charge on any atom is -0.453 e. The number of fused-ring (bicyclic) bond motifs is 2. The zero-order chi connectivity index (χ0) is 43.1. The number of H-pyrrole nitrogens is 2. The first-order valence-electron chi connectivity index (χ1n) is 22.6. The molecule has 4 aliphatic heterocycles. The zero-order valence-corrected chi connectivity index (χ0v) is 36.6. The minimum atomic E-state index is -0.698. The third-order valence-corrected chi connectivity index (χ3v) is 13.3. The Labute approximate surface area is 362 Å². The summed E-state index contributed by atoms with van der Waals surface area (Å²) in [5.74, 6) is 2.85.